The number of aliphatic imine (C=N–C) groups is 2. The minimum Gasteiger partial charge on any atom is -0.478 e. The van der Waals surface area contributed by atoms with Crippen molar-refractivity contribution in [3.05, 3.63) is 179 Å². The molecule has 0 aliphatic heterocycles. The highest BCUT2D eigenvalue weighted by atomic mass is 16.5. The highest BCUT2D eigenvalue weighted by Gasteiger charge is 2.14. The van der Waals surface area contributed by atoms with Gasteiger partial charge in [0.15, 0.2) is 0 Å². The Morgan fingerprint density at radius 1 is 0.444 bits per heavy atom. The zero-order valence-corrected chi connectivity index (χ0v) is 28.1. The molecule has 6 rings (SSSR count). The van der Waals surface area contributed by atoms with E-state index in [4.69, 9.17) is 9.47 Å². The zero-order chi connectivity index (χ0) is 37.9. The van der Waals surface area contributed by atoms with E-state index in [1.807, 2.05) is 0 Å². The van der Waals surface area contributed by atoms with E-state index < -0.39 is 23.9 Å². The third-order valence-corrected chi connectivity index (χ3v) is 7.68. The number of hydrogen-bond acceptors (Lipinski definition) is 10. The van der Waals surface area contributed by atoms with E-state index in [0.717, 1.165) is 0 Å². The molecule has 0 spiro atoms. The molecule has 0 amide bonds. The smallest absolute Gasteiger partial charge is 0.343 e. The maximum absolute atomic E-state index is 13.0. The summed E-state index contributed by atoms with van der Waals surface area (Å²) in [6, 6.07) is 38.7. The monoisotopic (exact) mass is 716 g/mol. The number of carbonyl (C=O) groups is 4. The Hall–Kier alpha value is -7.86. The van der Waals surface area contributed by atoms with Gasteiger partial charge in [0.2, 0.25) is 0 Å². The Balaban J connectivity index is 1.06. The summed E-state index contributed by atoms with van der Waals surface area (Å²) in [6.45, 7) is 0. The first kappa shape index (κ1) is 35.9. The number of aromatic carboxylic acids is 2. The summed E-state index contributed by atoms with van der Waals surface area (Å²) in [5.74, 6) is -2.96. The summed E-state index contributed by atoms with van der Waals surface area (Å²) in [5, 5.41) is 27.3. The quantitative estimate of drug-likeness (QED) is 0.0544. The van der Waals surface area contributed by atoms with Gasteiger partial charge in [-0.2, -0.15) is 10.2 Å². The molecular formula is C42H28N4O8. The van der Waals surface area contributed by atoms with Crippen LogP contribution in [0.25, 0.3) is 0 Å². The molecule has 12 nitrogen and oxygen atoms in total. The second-order valence-corrected chi connectivity index (χ2v) is 11.3. The highest BCUT2D eigenvalue weighted by Crippen LogP contribution is 2.25. The standard InChI is InChI=1S/C42H28N4O8/c47-39(48)33-11-3-5-13-35(33)43-25-29-9-1-7-15-37(29)53-41(51)27-17-21-31(22-18-27)45-46-32-23-19-28(20-24-32)42(52)54-38-16-8-2-10-30(38)26-44-36-14-6-4-12-34(36)40(49)50/h1-26H,(H,47,48)(H,49,50). The number of rotatable bonds is 12. The second kappa shape index (κ2) is 16.9. The van der Waals surface area contributed by atoms with E-state index in [0.29, 0.717) is 22.5 Å². The number of hydrogen-bond donors (Lipinski definition) is 2. The van der Waals surface area contributed by atoms with Gasteiger partial charge in [0, 0.05) is 23.6 Å². The fourth-order valence-electron chi connectivity index (χ4n) is 4.93. The lowest BCUT2D eigenvalue weighted by Gasteiger charge is -2.08. The van der Waals surface area contributed by atoms with E-state index in [2.05, 4.69) is 20.2 Å². The zero-order valence-electron chi connectivity index (χ0n) is 28.1. The van der Waals surface area contributed by atoms with Crippen molar-refractivity contribution in [1.82, 2.24) is 0 Å². The van der Waals surface area contributed by atoms with E-state index in [1.165, 1.54) is 24.6 Å². The van der Waals surface area contributed by atoms with Gasteiger partial charge in [-0.25, -0.2) is 19.2 Å². The summed E-state index contributed by atoms with van der Waals surface area (Å²) in [6.07, 6.45) is 2.87. The number of carboxylic acid groups (broad SMARTS) is 2. The first-order valence-corrected chi connectivity index (χ1v) is 16.2. The van der Waals surface area contributed by atoms with E-state index >= 15 is 0 Å². The van der Waals surface area contributed by atoms with Crippen molar-refractivity contribution < 1.29 is 38.9 Å². The molecule has 0 heterocycles. The molecule has 0 fully saturated rings. The second-order valence-electron chi connectivity index (χ2n) is 11.3. The minimum atomic E-state index is -1.10. The number of carbonyl (C=O) groups excluding carboxylic acids is 2. The largest absolute Gasteiger partial charge is 0.478 e. The molecule has 0 atom stereocenters. The molecular weight excluding hydrogens is 688 g/mol. The van der Waals surface area contributed by atoms with Gasteiger partial charge in [-0.05, 0) is 97.1 Å². The van der Waals surface area contributed by atoms with Crippen LogP contribution in [0, 0.1) is 0 Å². The Kier molecular flexibility index (Phi) is 11.3. The first-order chi connectivity index (χ1) is 26.2. The third kappa shape index (κ3) is 9.08. The maximum Gasteiger partial charge on any atom is 0.343 e. The van der Waals surface area contributed by atoms with Crippen molar-refractivity contribution in [3.63, 3.8) is 0 Å². The van der Waals surface area contributed by atoms with Gasteiger partial charge in [-0.1, -0.05) is 48.5 Å². The van der Waals surface area contributed by atoms with Crippen molar-refractivity contribution in [2.24, 2.45) is 20.2 Å². The summed E-state index contributed by atoms with van der Waals surface area (Å²) >= 11 is 0. The van der Waals surface area contributed by atoms with Gasteiger partial charge in [0.25, 0.3) is 0 Å². The van der Waals surface area contributed by atoms with E-state index in [1.54, 1.807) is 133 Å². The summed E-state index contributed by atoms with van der Waals surface area (Å²) in [7, 11) is 0. The number of azo groups is 1. The lowest BCUT2D eigenvalue weighted by atomic mass is 10.1. The van der Waals surface area contributed by atoms with Crippen LogP contribution in [-0.2, 0) is 0 Å². The maximum atomic E-state index is 13.0. The van der Waals surface area contributed by atoms with Crippen molar-refractivity contribution >= 4 is 59.1 Å². The van der Waals surface area contributed by atoms with Gasteiger partial charge in [-0.15, -0.1) is 0 Å². The molecule has 12 heteroatoms. The SMILES string of the molecule is O=C(Oc1ccccc1C=Nc1ccccc1C(=O)O)c1ccc(N=Nc2ccc(C(=O)Oc3ccccc3C=Nc3ccccc3C(=O)O)cc2)cc1. The number of carboxylic acids is 2. The van der Waals surface area contributed by atoms with Crippen LogP contribution in [-0.4, -0.2) is 46.5 Å². The van der Waals surface area contributed by atoms with Crippen molar-refractivity contribution in [3.8, 4) is 11.5 Å². The lowest BCUT2D eigenvalue weighted by Crippen LogP contribution is -2.09. The van der Waals surface area contributed by atoms with E-state index in [-0.39, 0.29) is 45.1 Å². The molecule has 0 aromatic heterocycles. The molecule has 0 bridgehead atoms. The number of nitrogens with zero attached hydrogens (tertiary/aromatic N) is 4. The van der Waals surface area contributed by atoms with Gasteiger partial charge in [0.1, 0.15) is 11.5 Å². The molecule has 54 heavy (non-hydrogen) atoms. The Bertz CT molecular complexity index is 2270. The summed E-state index contributed by atoms with van der Waals surface area (Å²) in [5.41, 5.74) is 3.02. The topological polar surface area (TPSA) is 177 Å². The van der Waals surface area contributed by atoms with Crippen LogP contribution in [0.3, 0.4) is 0 Å². The molecule has 0 saturated heterocycles. The van der Waals surface area contributed by atoms with Gasteiger partial charge in [0.05, 0.1) is 45.0 Å². The number of para-hydroxylation sites is 4. The van der Waals surface area contributed by atoms with Gasteiger partial charge >= 0.3 is 23.9 Å². The Morgan fingerprint density at radius 2 is 0.796 bits per heavy atom. The van der Waals surface area contributed by atoms with Crippen LogP contribution in [0.1, 0.15) is 52.6 Å². The van der Waals surface area contributed by atoms with Crippen molar-refractivity contribution in [2.75, 3.05) is 0 Å². The van der Waals surface area contributed by atoms with Crippen LogP contribution in [0.2, 0.25) is 0 Å². The molecule has 6 aromatic rings. The van der Waals surface area contributed by atoms with E-state index in [9.17, 15) is 29.4 Å². The molecule has 0 radical (unpaired) electrons. The molecule has 0 saturated carbocycles. The molecule has 0 aliphatic carbocycles. The minimum absolute atomic E-state index is 0.0447. The normalized spacial score (nSPS) is 11.2. The third-order valence-electron chi connectivity index (χ3n) is 7.68. The summed E-state index contributed by atoms with van der Waals surface area (Å²) < 4.78 is 11.2. The number of ether oxygens (including phenoxy) is 2. The Labute approximate surface area is 308 Å². The van der Waals surface area contributed by atoms with Crippen molar-refractivity contribution in [2.45, 2.75) is 0 Å². The van der Waals surface area contributed by atoms with Crippen LogP contribution < -0.4 is 9.47 Å². The van der Waals surface area contributed by atoms with Crippen molar-refractivity contribution in [1.29, 1.82) is 0 Å². The molecule has 0 unspecified atom stereocenters. The lowest BCUT2D eigenvalue weighted by molar-refractivity contribution is 0.0687. The molecule has 2 N–H and O–H groups in total. The van der Waals surface area contributed by atoms with Crippen LogP contribution in [0.5, 0.6) is 11.5 Å². The van der Waals surface area contributed by atoms with Crippen LogP contribution in [0.4, 0.5) is 22.7 Å². The summed E-state index contributed by atoms with van der Waals surface area (Å²) in [4.78, 5) is 57.5. The van der Waals surface area contributed by atoms with Crippen LogP contribution >= 0.6 is 0 Å². The fraction of sp³-hybridized carbons (Fsp3) is 0. The van der Waals surface area contributed by atoms with Crippen LogP contribution in [0.15, 0.2) is 166 Å². The highest BCUT2D eigenvalue weighted by molar-refractivity contribution is 5.98. The first-order valence-electron chi connectivity index (χ1n) is 16.2. The molecule has 0 aliphatic rings. The molecule has 264 valence electrons. The predicted octanol–water partition coefficient (Wildman–Crippen LogP) is 9.44. The van der Waals surface area contributed by atoms with Gasteiger partial charge in [-0.3, -0.25) is 9.98 Å². The number of benzene rings is 6. The average Bonchev–Trinajstić information content (AvgIpc) is 3.20. The number of esters is 2. The average molecular weight is 717 g/mol. The Morgan fingerprint density at radius 3 is 1.19 bits per heavy atom. The predicted molar refractivity (Wildman–Crippen MR) is 201 cm³/mol. The van der Waals surface area contributed by atoms with Gasteiger partial charge < -0.3 is 19.7 Å². The molecule has 6 aromatic carbocycles. The fourth-order valence-corrected chi connectivity index (χ4v) is 4.93.